The Balaban J connectivity index is 1.87. The Morgan fingerprint density at radius 3 is 3.16 bits per heavy atom. The number of halogens is 1. The lowest BCUT2D eigenvalue weighted by atomic mass is 10.1. The molecule has 100 valence electrons. The molecule has 0 fully saturated rings. The van der Waals surface area contributed by atoms with Crippen LogP contribution in [0.3, 0.4) is 0 Å². The van der Waals surface area contributed by atoms with Crippen LogP contribution in [0.25, 0.3) is 11.4 Å². The molecule has 0 amide bonds. The van der Waals surface area contributed by atoms with Gasteiger partial charge < -0.3 is 10.4 Å². The van der Waals surface area contributed by atoms with E-state index in [0.29, 0.717) is 16.8 Å². The summed E-state index contributed by atoms with van der Waals surface area (Å²) in [4.78, 5) is 4.48. The fourth-order valence-electron chi connectivity index (χ4n) is 2.27. The predicted molar refractivity (Wildman–Crippen MR) is 74.2 cm³/mol. The van der Waals surface area contributed by atoms with Crippen LogP contribution in [0.1, 0.15) is 6.42 Å². The topological polar surface area (TPSA) is 63.0 Å². The molecule has 0 bridgehead atoms. The largest absolute Gasteiger partial charge is 0.396 e. The van der Waals surface area contributed by atoms with Crippen LogP contribution in [-0.4, -0.2) is 33.0 Å². The SMILES string of the molecule is OCCC1CNc2nc(-c3cccc(Cl)c3)nn2C1. The first-order valence-electron chi connectivity index (χ1n) is 6.32. The van der Waals surface area contributed by atoms with Gasteiger partial charge in [-0.1, -0.05) is 23.7 Å². The van der Waals surface area contributed by atoms with E-state index in [2.05, 4.69) is 15.4 Å². The summed E-state index contributed by atoms with van der Waals surface area (Å²) >= 11 is 5.98. The van der Waals surface area contributed by atoms with Crippen molar-refractivity contribution >= 4 is 17.5 Å². The third-order valence-corrected chi connectivity index (χ3v) is 3.51. The maximum atomic E-state index is 8.99. The van der Waals surface area contributed by atoms with Crippen molar-refractivity contribution in [3.05, 3.63) is 29.3 Å². The molecule has 1 aromatic carbocycles. The van der Waals surface area contributed by atoms with Crippen LogP contribution in [0.2, 0.25) is 5.02 Å². The van der Waals surface area contributed by atoms with E-state index in [1.165, 1.54) is 0 Å². The molecule has 2 aromatic rings. The van der Waals surface area contributed by atoms with Gasteiger partial charge in [0.2, 0.25) is 5.95 Å². The zero-order valence-electron chi connectivity index (χ0n) is 10.4. The quantitative estimate of drug-likeness (QED) is 0.902. The number of anilines is 1. The van der Waals surface area contributed by atoms with Crippen molar-refractivity contribution in [2.45, 2.75) is 13.0 Å². The highest BCUT2D eigenvalue weighted by Crippen LogP contribution is 2.24. The molecule has 3 rings (SSSR count). The zero-order chi connectivity index (χ0) is 13.2. The van der Waals surface area contributed by atoms with E-state index in [9.17, 15) is 0 Å². The first-order valence-corrected chi connectivity index (χ1v) is 6.69. The predicted octanol–water partition coefficient (Wildman–Crippen LogP) is 2.02. The minimum atomic E-state index is 0.206. The van der Waals surface area contributed by atoms with Gasteiger partial charge in [-0.25, -0.2) is 4.68 Å². The van der Waals surface area contributed by atoms with Gasteiger partial charge in [-0.15, -0.1) is 5.10 Å². The van der Waals surface area contributed by atoms with Crippen LogP contribution in [0.15, 0.2) is 24.3 Å². The third kappa shape index (κ3) is 2.57. The highest BCUT2D eigenvalue weighted by molar-refractivity contribution is 6.30. The number of hydrogen-bond acceptors (Lipinski definition) is 4. The van der Waals surface area contributed by atoms with E-state index >= 15 is 0 Å². The molecule has 0 radical (unpaired) electrons. The minimum absolute atomic E-state index is 0.206. The second-order valence-corrected chi connectivity index (χ2v) is 5.15. The normalized spacial score (nSPS) is 17.9. The number of aliphatic hydroxyl groups excluding tert-OH is 1. The lowest BCUT2D eigenvalue weighted by molar-refractivity contribution is 0.244. The number of fused-ring (bicyclic) bond motifs is 1. The Morgan fingerprint density at radius 2 is 2.37 bits per heavy atom. The molecular formula is C13H15ClN4O. The fourth-order valence-corrected chi connectivity index (χ4v) is 2.46. The molecule has 19 heavy (non-hydrogen) atoms. The molecule has 6 heteroatoms. The van der Waals surface area contributed by atoms with Crippen LogP contribution in [0.4, 0.5) is 5.95 Å². The van der Waals surface area contributed by atoms with Gasteiger partial charge in [-0.3, -0.25) is 0 Å². The number of aromatic nitrogens is 3. The van der Waals surface area contributed by atoms with E-state index in [-0.39, 0.29) is 6.61 Å². The van der Waals surface area contributed by atoms with Crippen molar-refractivity contribution in [1.82, 2.24) is 14.8 Å². The van der Waals surface area contributed by atoms with Gasteiger partial charge in [0, 0.05) is 30.3 Å². The second-order valence-electron chi connectivity index (χ2n) is 4.71. The molecule has 1 atom stereocenters. The second kappa shape index (κ2) is 5.19. The van der Waals surface area contributed by atoms with E-state index in [4.69, 9.17) is 16.7 Å². The Labute approximate surface area is 116 Å². The van der Waals surface area contributed by atoms with Crippen molar-refractivity contribution in [1.29, 1.82) is 0 Å². The van der Waals surface area contributed by atoms with Crippen LogP contribution in [0.5, 0.6) is 0 Å². The summed E-state index contributed by atoms with van der Waals surface area (Å²) in [5, 5.41) is 17.4. The minimum Gasteiger partial charge on any atom is -0.396 e. The van der Waals surface area contributed by atoms with Crippen molar-refractivity contribution < 1.29 is 5.11 Å². The standard InChI is InChI=1S/C13H15ClN4O/c14-11-3-1-2-10(6-11)12-16-13-15-7-9(4-5-19)8-18(13)17-12/h1-3,6,9,19H,4-5,7-8H2,(H,15,16,17). The monoisotopic (exact) mass is 278 g/mol. The molecule has 5 nitrogen and oxygen atoms in total. The Kier molecular flexibility index (Phi) is 3.40. The Morgan fingerprint density at radius 1 is 1.47 bits per heavy atom. The molecule has 0 saturated heterocycles. The van der Waals surface area contributed by atoms with Crippen LogP contribution in [-0.2, 0) is 6.54 Å². The molecule has 1 aliphatic rings. The maximum Gasteiger partial charge on any atom is 0.221 e. The molecule has 0 spiro atoms. The number of hydrogen-bond donors (Lipinski definition) is 2. The first-order chi connectivity index (χ1) is 9.26. The third-order valence-electron chi connectivity index (χ3n) is 3.27. The van der Waals surface area contributed by atoms with Crippen molar-refractivity contribution in [2.24, 2.45) is 5.92 Å². The van der Waals surface area contributed by atoms with Gasteiger partial charge in [0.05, 0.1) is 0 Å². The zero-order valence-corrected chi connectivity index (χ0v) is 11.1. The van der Waals surface area contributed by atoms with Gasteiger partial charge in [0.25, 0.3) is 0 Å². The summed E-state index contributed by atoms with van der Waals surface area (Å²) in [6.07, 6.45) is 0.777. The van der Waals surface area contributed by atoms with Crippen molar-refractivity contribution in [2.75, 3.05) is 18.5 Å². The average Bonchev–Trinajstić information content (AvgIpc) is 2.82. The highest BCUT2D eigenvalue weighted by atomic mass is 35.5. The molecule has 2 N–H and O–H groups in total. The summed E-state index contributed by atoms with van der Waals surface area (Å²) in [5.74, 6) is 1.85. The van der Waals surface area contributed by atoms with Crippen LogP contribution in [0, 0.1) is 5.92 Å². The van der Waals surface area contributed by atoms with Crippen molar-refractivity contribution in [3.8, 4) is 11.4 Å². The summed E-state index contributed by atoms with van der Waals surface area (Å²) in [7, 11) is 0. The smallest absolute Gasteiger partial charge is 0.221 e. The highest BCUT2D eigenvalue weighted by Gasteiger charge is 2.21. The number of nitrogens with one attached hydrogen (secondary N) is 1. The Bertz CT molecular complexity index is 584. The molecule has 1 unspecified atom stereocenters. The van der Waals surface area contributed by atoms with Gasteiger partial charge in [-0.2, -0.15) is 4.98 Å². The summed E-state index contributed by atoms with van der Waals surface area (Å²) in [6, 6.07) is 7.52. The molecule has 0 aliphatic carbocycles. The van der Waals surface area contributed by atoms with E-state index in [1.807, 2.05) is 28.9 Å². The molecule has 1 aliphatic heterocycles. The van der Waals surface area contributed by atoms with Gasteiger partial charge in [0.1, 0.15) is 0 Å². The number of benzene rings is 1. The fraction of sp³-hybridized carbons (Fsp3) is 0.385. The van der Waals surface area contributed by atoms with E-state index in [0.717, 1.165) is 31.0 Å². The van der Waals surface area contributed by atoms with Gasteiger partial charge in [-0.05, 0) is 24.5 Å². The lowest BCUT2D eigenvalue weighted by Gasteiger charge is -2.22. The van der Waals surface area contributed by atoms with Gasteiger partial charge in [0.15, 0.2) is 5.82 Å². The number of rotatable bonds is 3. The summed E-state index contributed by atoms with van der Waals surface area (Å²) in [6.45, 7) is 1.82. The first kappa shape index (κ1) is 12.4. The summed E-state index contributed by atoms with van der Waals surface area (Å²) < 4.78 is 1.86. The summed E-state index contributed by atoms with van der Waals surface area (Å²) in [5.41, 5.74) is 0.912. The van der Waals surface area contributed by atoms with Crippen LogP contribution < -0.4 is 5.32 Å². The van der Waals surface area contributed by atoms with E-state index < -0.39 is 0 Å². The number of nitrogens with zero attached hydrogens (tertiary/aromatic N) is 3. The van der Waals surface area contributed by atoms with Crippen LogP contribution >= 0.6 is 11.6 Å². The average molecular weight is 279 g/mol. The molecule has 0 saturated carbocycles. The van der Waals surface area contributed by atoms with E-state index in [1.54, 1.807) is 0 Å². The number of aliphatic hydroxyl groups is 1. The molecular weight excluding hydrogens is 264 g/mol. The molecule has 1 aromatic heterocycles. The molecule has 2 heterocycles. The lowest BCUT2D eigenvalue weighted by Crippen LogP contribution is -2.28. The maximum absolute atomic E-state index is 8.99. The van der Waals surface area contributed by atoms with Crippen molar-refractivity contribution in [3.63, 3.8) is 0 Å². The Hall–Kier alpha value is -1.59. The van der Waals surface area contributed by atoms with Gasteiger partial charge >= 0.3 is 0 Å².